The van der Waals surface area contributed by atoms with Crippen LogP contribution < -0.4 is 0 Å². The lowest BCUT2D eigenvalue weighted by Crippen LogP contribution is -2.34. The van der Waals surface area contributed by atoms with Gasteiger partial charge in [-0.05, 0) is 12.1 Å². The Bertz CT molecular complexity index is 781. The summed E-state index contributed by atoms with van der Waals surface area (Å²) in [5, 5.41) is 0. The molecule has 0 aliphatic heterocycles. The van der Waals surface area contributed by atoms with Crippen LogP contribution in [0.2, 0.25) is 0 Å². The van der Waals surface area contributed by atoms with E-state index in [9.17, 15) is 21.6 Å². The highest BCUT2D eigenvalue weighted by Crippen LogP contribution is 2.29. The molecular formula is C16H26N2O6S2. The van der Waals surface area contributed by atoms with Crippen molar-refractivity contribution in [3.05, 3.63) is 23.8 Å². The van der Waals surface area contributed by atoms with Crippen molar-refractivity contribution in [2.75, 3.05) is 33.3 Å². The number of sulfonamides is 2. The van der Waals surface area contributed by atoms with Crippen LogP contribution in [0.25, 0.3) is 0 Å². The summed E-state index contributed by atoms with van der Waals surface area (Å²) >= 11 is 0. The van der Waals surface area contributed by atoms with Gasteiger partial charge in [-0.25, -0.2) is 21.6 Å². The molecule has 0 aromatic heterocycles. The molecule has 0 N–H and O–H groups in total. The van der Waals surface area contributed by atoms with E-state index in [0.717, 1.165) is 15.7 Å². The summed E-state index contributed by atoms with van der Waals surface area (Å²) in [6.45, 7) is 7.40. The molecule has 0 aliphatic rings. The normalized spacial score (nSPS) is 12.6. The van der Waals surface area contributed by atoms with E-state index in [1.165, 1.54) is 18.2 Å². The Balaban J connectivity index is 3.87. The molecule has 0 saturated heterocycles. The van der Waals surface area contributed by atoms with Crippen molar-refractivity contribution in [2.45, 2.75) is 37.5 Å². The average molecular weight is 407 g/mol. The van der Waals surface area contributed by atoms with Crippen molar-refractivity contribution in [1.82, 2.24) is 8.61 Å². The lowest BCUT2D eigenvalue weighted by Gasteiger charge is -2.23. The molecular weight excluding hydrogens is 380 g/mol. The van der Waals surface area contributed by atoms with Crippen LogP contribution in [0.1, 0.15) is 38.1 Å². The van der Waals surface area contributed by atoms with E-state index in [-0.39, 0.29) is 36.0 Å². The first-order valence-electron chi connectivity index (χ1n) is 8.34. The maximum absolute atomic E-state index is 12.9. The van der Waals surface area contributed by atoms with Crippen LogP contribution in [-0.4, -0.2) is 64.7 Å². The van der Waals surface area contributed by atoms with Gasteiger partial charge in [-0.15, -0.1) is 0 Å². The third-order valence-corrected chi connectivity index (χ3v) is 8.21. The third kappa shape index (κ3) is 4.08. The Hall–Kier alpha value is -1.49. The van der Waals surface area contributed by atoms with E-state index in [1.54, 1.807) is 27.7 Å². The van der Waals surface area contributed by atoms with E-state index in [4.69, 9.17) is 4.74 Å². The predicted molar refractivity (Wildman–Crippen MR) is 98.0 cm³/mol. The number of nitrogens with zero attached hydrogens (tertiary/aromatic N) is 2. The van der Waals surface area contributed by atoms with E-state index in [1.807, 2.05) is 0 Å². The Morgan fingerprint density at radius 3 is 1.46 bits per heavy atom. The van der Waals surface area contributed by atoms with Crippen LogP contribution in [0.5, 0.6) is 0 Å². The molecule has 1 aromatic rings. The first kappa shape index (κ1) is 22.6. The van der Waals surface area contributed by atoms with Gasteiger partial charge in [0.2, 0.25) is 20.0 Å². The summed E-state index contributed by atoms with van der Waals surface area (Å²) in [5.74, 6) is -1.01. The lowest BCUT2D eigenvalue weighted by molar-refractivity contribution is 0.0591. The van der Waals surface area contributed by atoms with Crippen molar-refractivity contribution in [3.63, 3.8) is 0 Å². The van der Waals surface area contributed by atoms with Gasteiger partial charge >= 0.3 is 5.97 Å². The molecule has 0 atom stereocenters. The van der Waals surface area contributed by atoms with E-state index < -0.39 is 31.6 Å². The molecule has 0 spiro atoms. The number of rotatable bonds is 9. The number of methoxy groups -OCH3 is 1. The smallest absolute Gasteiger partial charge is 0.340 e. The highest BCUT2D eigenvalue weighted by Gasteiger charge is 2.35. The minimum absolute atomic E-state index is 0.187. The maximum Gasteiger partial charge on any atom is 0.340 e. The first-order chi connectivity index (χ1) is 12.1. The largest absolute Gasteiger partial charge is 0.465 e. The van der Waals surface area contributed by atoms with Crippen LogP contribution in [0.15, 0.2) is 28.0 Å². The lowest BCUT2D eigenvalue weighted by atomic mass is 10.2. The Kier molecular flexibility index (Phi) is 7.75. The second-order valence-electron chi connectivity index (χ2n) is 5.30. The Morgan fingerprint density at radius 1 is 0.846 bits per heavy atom. The van der Waals surface area contributed by atoms with Gasteiger partial charge in [-0.2, -0.15) is 8.61 Å². The van der Waals surface area contributed by atoms with Crippen LogP contribution in [-0.2, 0) is 24.8 Å². The summed E-state index contributed by atoms with van der Waals surface area (Å²) < 4.78 is 58.7. The Morgan fingerprint density at radius 2 is 1.19 bits per heavy atom. The maximum atomic E-state index is 12.9. The number of carbonyl (C=O) groups excluding carboxylic acids is 1. The number of carbonyl (C=O) groups is 1. The molecule has 8 nitrogen and oxygen atoms in total. The van der Waals surface area contributed by atoms with E-state index in [2.05, 4.69) is 0 Å². The second kappa shape index (κ2) is 8.94. The SMILES string of the molecule is CCN(CC)S(=O)(=O)c1cccc(S(=O)(=O)N(CC)CC)c1C(=O)OC. The molecule has 0 amide bonds. The molecule has 0 fully saturated rings. The monoisotopic (exact) mass is 406 g/mol. The average Bonchev–Trinajstić information content (AvgIpc) is 2.61. The topological polar surface area (TPSA) is 101 Å². The molecule has 0 aliphatic carbocycles. The van der Waals surface area contributed by atoms with Gasteiger partial charge in [0.05, 0.1) is 22.5 Å². The zero-order valence-corrected chi connectivity index (χ0v) is 17.4. The standard InChI is InChI=1S/C16H26N2O6S2/c1-6-17(7-2)25(20,21)13-11-10-12-14(15(13)16(19)24-5)26(22,23)18(8-3)9-4/h10-12H,6-9H2,1-5H3. The van der Waals surface area contributed by atoms with Crippen molar-refractivity contribution in [1.29, 1.82) is 0 Å². The molecule has 0 heterocycles. The van der Waals surface area contributed by atoms with Gasteiger partial charge in [0.1, 0.15) is 0 Å². The fourth-order valence-corrected chi connectivity index (χ4v) is 6.03. The highest BCUT2D eigenvalue weighted by molar-refractivity contribution is 7.90. The van der Waals surface area contributed by atoms with E-state index >= 15 is 0 Å². The molecule has 0 unspecified atom stereocenters. The first-order valence-corrected chi connectivity index (χ1v) is 11.2. The number of benzene rings is 1. The quantitative estimate of drug-likeness (QED) is 0.577. The van der Waals surface area contributed by atoms with Gasteiger partial charge in [0, 0.05) is 26.2 Å². The highest BCUT2D eigenvalue weighted by atomic mass is 32.2. The fraction of sp³-hybridized carbons (Fsp3) is 0.562. The van der Waals surface area contributed by atoms with Crippen molar-refractivity contribution in [2.24, 2.45) is 0 Å². The third-order valence-electron chi connectivity index (χ3n) is 4.02. The minimum atomic E-state index is -4.06. The zero-order valence-electron chi connectivity index (χ0n) is 15.7. The van der Waals surface area contributed by atoms with Crippen LogP contribution in [0.3, 0.4) is 0 Å². The van der Waals surface area contributed by atoms with Gasteiger partial charge in [0.15, 0.2) is 0 Å². The van der Waals surface area contributed by atoms with Crippen molar-refractivity contribution >= 4 is 26.0 Å². The molecule has 1 rings (SSSR count). The molecule has 0 saturated carbocycles. The molecule has 26 heavy (non-hydrogen) atoms. The summed E-state index contributed by atoms with van der Waals surface area (Å²) in [4.78, 5) is 11.6. The summed E-state index contributed by atoms with van der Waals surface area (Å²) in [6.07, 6.45) is 0. The molecule has 148 valence electrons. The van der Waals surface area contributed by atoms with Crippen LogP contribution in [0.4, 0.5) is 0 Å². The van der Waals surface area contributed by atoms with Crippen molar-refractivity contribution < 1.29 is 26.4 Å². The van der Waals surface area contributed by atoms with Crippen molar-refractivity contribution in [3.8, 4) is 0 Å². The molecule has 0 bridgehead atoms. The van der Waals surface area contributed by atoms with Gasteiger partial charge in [-0.3, -0.25) is 0 Å². The Labute approximate surface area is 155 Å². The van der Waals surface area contributed by atoms with Gasteiger partial charge in [0.25, 0.3) is 0 Å². The number of ether oxygens (including phenoxy) is 1. The summed E-state index contributed by atoms with van der Waals surface area (Å²) in [5.41, 5.74) is -0.464. The van der Waals surface area contributed by atoms with Crippen LogP contribution in [0, 0.1) is 0 Å². The fourth-order valence-electron chi connectivity index (χ4n) is 2.65. The second-order valence-corrected chi connectivity index (χ2v) is 9.11. The van der Waals surface area contributed by atoms with Gasteiger partial charge in [-0.1, -0.05) is 33.8 Å². The van der Waals surface area contributed by atoms with Crippen LogP contribution >= 0.6 is 0 Å². The molecule has 10 heteroatoms. The molecule has 1 aromatic carbocycles. The zero-order chi connectivity index (χ0) is 20.1. The summed E-state index contributed by atoms with van der Waals surface area (Å²) in [7, 11) is -7.04. The molecule has 0 radical (unpaired) electrons. The number of hydrogen-bond acceptors (Lipinski definition) is 6. The number of hydrogen-bond donors (Lipinski definition) is 0. The predicted octanol–water partition coefficient (Wildman–Crippen LogP) is 1.53. The summed E-state index contributed by atoms with van der Waals surface area (Å²) in [6, 6.07) is 3.77. The van der Waals surface area contributed by atoms with Gasteiger partial charge < -0.3 is 4.74 Å². The van der Waals surface area contributed by atoms with E-state index in [0.29, 0.717) is 0 Å². The number of esters is 1. The minimum Gasteiger partial charge on any atom is -0.465 e.